The van der Waals surface area contributed by atoms with E-state index in [1.54, 1.807) is 18.2 Å². The number of aldehydes is 1. The Labute approximate surface area is 125 Å². The molecule has 0 bridgehead atoms. The number of hydrogen-bond acceptors (Lipinski definition) is 4. The summed E-state index contributed by atoms with van der Waals surface area (Å²) >= 11 is 5.80. The molecular weight excluding hydrogens is 312 g/mol. The lowest BCUT2D eigenvalue weighted by Crippen LogP contribution is -2.15. The van der Waals surface area contributed by atoms with Crippen LogP contribution in [0.2, 0.25) is 5.15 Å². The molecule has 21 heavy (non-hydrogen) atoms. The molecule has 0 radical (unpaired) electrons. The second kappa shape index (κ2) is 4.98. The van der Waals surface area contributed by atoms with Crippen LogP contribution in [0, 0.1) is 0 Å². The monoisotopic (exact) mass is 320 g/mol. The summed E-state index contributed by atoms with van der Waals surface area (Å²) in [6.45, 7) is 0. The van der Waals surface area contributed by atoms with Crippen LogP contribution in [-0.2, 0) is 10.0 Å². The minimum Gasteiger partial charge on any atom is -0.296 e. The molecule has 0 N–H and O–H groups in total. The number of aromatic nitrogens is 2. The molecular formula is C14H9ClN2O3S. The van der Waals surface area contributed by atoms with Gasteiger partial charge in [0.25, 0.3) is 10.0 Å². The molecule has 2 aromatic heterocycles. The van der Waals surface area contributed by atoms with Crippen molar-refractivity contribution in [3.05, 3.63) is 59.5 Å². The molecule has 0 saturated heterocycles. The number of nitrogens with zero attached hydrogens (tertiary/aromatic N) is 2. The van der Waals surface area contributed by atoms with E-state index in [1.165, 1.54) is 30.5 Å². The van der Waals surface area contributed by atoms with E-state index in [0.29, 0.717) is 17.2 Å². The van der Waals surface area contributed by atoms with Gasteiger partial charge in [-0.2, -0.15) is 0 Å². The summed E-state index contributed by atoms with van der Waals surface area (Å²) in [6, 6.07) is 10.9. The zero-order valence-corrected chi connectivity index (χ0v) is 12.2. The first-order chi connectivity index (χ1) is 10.0. The predicted octanol–water partition coefficient (Wildman–Crippen LogP) is 2.74. The molecule has 3 aromatic rings. The second-order valence-corrected chi connectivity index (χ2v) is 6.51. The third-order valence-corrected chi connectivity index (χ3v) is 5.00. The fraction of sp³-hybridized carbons (Fsp3) is 0. The summed E-state index contributed by atoms with van der Waals surface area (Å²) < 4.78 is 26.4. The lowest BCUT2D eigenvalue weighted by Gasteiger charge is -2.09. The van der Waals surface area contributed by atoms with Crippen molar-refractivity contribution in [2.75, 3.05) is 0 Å². The summed E-state index contributed by atoms with van der Waals surface area (Å²) in [5.41, 5.74) is 0.336. The number of rotatable bonds is 3. The quantitative estimate of drug-likeness (QED) is 0.549. The van der Waals surface area contributed by atoms with Crippen molar-refractivity contribution in [1.82, 2.24) is 8.96 Å². The molecule has 0 aliphatic heterocycles. The lowest BCUT2D eigenvalue weighted by atomic mass is 10.3. The van der Waals surface area contributed by atoms with E-state index in [2.05, 4.69) is 4.98 Å². The highest BCUT2D eigenvalue weighted by Crippen LogP contribution is 2.25. The Morgan fingerprint density at radius 1 is 1.14 bits per heavy atom. The smallest absolute Gasteiger partial charge is 0.268 e. The van der Waals surface area contributed by atoms with E-state index in [0.717, 1.165) is 3.97 Å². The first-order valence-corrected chi connectivity index (χ1v) is 7.78. The maximum atomic E-state index is 12.7. The SMILES string of the molecule is O=Cc1cc2cc(Cl)ncc2n1S(=O)(=O)c1ccccc1. The van der Waals surface area contributed by atoms with Crippen molar-refractivity contribution in [2.45, 2.75) is 4.90 Å². The minimum atomic E-state index is -3.88. The number of hydrogen-bond donors (Lipinski definition) is 0. The second-order valence-electron chi connectivity index (χ2n) is 4.34. The highest BCUT2D eigenvalue weighted by molar-refractivity contribution is 7.90. The van der Waals surface area contributed by atoms with Crippen molar-refractivity contribution in [2.24, 2.45) is 0 Å². The van der Waals surface area contributed by atoms with Crippen LogP contribution in [0.3, 0.4) is 0 Å². The van der Waals surface area contributed by atoms with Gasteiger partial charge in [-0.25, -0.2) is 17.4 Å². The Morgan fingerprint density at radius 2 is 1.86 bits per heavy atom. The largest absolute Gasteiger partial charge is 0.296 e. The molecule has 0 atom stereocenters. The minimum absolute atomic E-state index is 0.0259. The summed E-state index contributed by atoms with van der Waals surface area (Å²) in [5, 5.41) is 0.769. The number of fused-ring (bicyclic) bond motifs is 1. The van der Waals surface area contributed by atoms with Crippen LogP contribution in [0.4, 0.5) is 0 Å². The predicted molar refractivity (Wildman–Crippen MR) is 79.2 cm³/mol. The molecule has 7 heteroatoms. The van der Waals surface area contributed by atoms with Gasteiger partial charge in [0.05, 0.1) is 22.3 Å². The summed E-state index contributed by atoms with van der Waals surface area (Å²) in [6.07, 6.45) is 1.83. The van der Waals surface area contributed by atoms with Gasteiger partial charge in [-0.1, -0.05) is 29.8 Å². The number of carbonyl (C=O) groups is 1. The van der Waals surface area contributed by atoms with Crippen molar-refractivity contribution in [3.8, 4) is 0 Å². The van der Waals surface area contributed by atoms with E-state index >= 15 is 0 Å². The first-order valence-electron chi connectivity index (χ1n) is 5.97. The van der Waals surface area contributed by atoms with Crippen LogP contribution in [0.25, 0.3) is 10.9 Å². The van der Waals surface area contributed by atoms with Crippen LogP contribution < -0.4 is 0 Å². The van der Waals surface area contributed by atoms with Gasteiger partial charge >= 0.3 is 0 Å². The van der Waals surface area contributed by atoms with Crippen molar-refractivity contribution >= 4 is 38.8 Å². The van der Waals surface area contributed by atoms with Crippen molar-refractivity contribution < 1.29 is 13.2 Å². The van der Waals surface area contributed by atoms with Gasteiger partial charge in [0.2, 0.25) is 0 Å². The van der Waals surface area contributed by atoms with Crippen LogP contribution >= 0.6 is 11.6 Å². The Kier molecular flexibility index (Phi) is 3.27. The molecule has 106 valence electrons. The van der Waals surface area contributed by atoms with Gasteiger partial charge in [-0.15, -0.1) is 0 Å². The lowest BCUT2D eigenvalue weighted by molar-refractivity contribution is 0.111. The summed E-state index contributed by atoms with van der Waals surface area (Å²) in [4.78, 5) is 15.2. The molecule has 3 rings (SSSR count). The fourth-order valence-corrected chi connectivity index (χ4v) is 3.79. The first kappa shape index (κ1) is 13.8. The van der Waals surface area contributed by atoms with Gasteiger partial charge in [-0.05, 0) is 24.3 Å². The van der Waals surface area contributed by atoms with Crippen LogP contribution in [-0.4, -0.2) is 23.7 Å². The number of carbonyl (C=O) groups excluding carboxylic acids is 1. The maximum Gasteiger partial charge on any atom is 0.268 e. The Morgan fingerprint density at radius 3 is 2.52 bits per heavy atom. The van der Waals surface area contributed by atoms with Gasteiger partial charge in [0, 0.05) is 5.39 Å². The maximum absolute atomic E-state index is 12.7. The molecule has 0 amide bonds. The molecule has 2 heterocycles. The van der Waals surface area contributed by atoms with Crippen LogP contribution in [0.5, 0.6) is 0 Å². The van der Waals surface area contributed by atoms with Gasteiger partial charge in [-0.3, -0.25) is 4.79 Å². The van der Waals surface area contributed by atoms with Crippen molar-refractivity contribution in [1.29, 1.82) is 0 Å². The molecule has 0 saturated carbocycles. The number of benzene rings is 1. The topological polar surface area (TPSA) is 69.0 Å². The Bertz CT molecular complexity index is 934. The molecule has 5 nitrogen and oxygen atoms in total. The van der Waals surface area contributed by atoms with Gasteiger partial charge < -0.3 is 0 Å². The zero-order valence-electron chi connectivity index (χ0n) is 10.6. The number of pyridine rings is 1. The van der Waals surface area contributed by atoms with E-state index < -0.39 is 10.0 Å². The normalized spacial score (nSPS) is 11.7. The molecule has 0 fully saturated rings. The van der Waals surface area contributed by atoms with Crippen LogP contribution in [0.15, 0.2) is 53.6 Å². The standard InChI is InChI=1S/C14H9ClN2O3S/c15-14-7-10-6-11(9-18)17(13(10)8-16-14)21(19,20)12-4-2-1-3-5-12/h1-9H. The third kappa shape index (κ3) is 2.22. The van der Waals surface area contributed by atoms with E-state index in [4.69, 9.17) is 11.6 Å². The van der Waals surface area contributed by atoms with Gasteiger partial charge in [0.15, 0.2) is 6.29 Å². The Hall–Kier alpha value is -2.18. The highest BCUT2D eigenvalue weighted by Gasteiger charge is 2.22. The summed E-state index contributed by atoms with van der Waals surface area (Å²) in [5.74, 6) is 0. The van der Waals surface area contributed by atoms with Gasteiger partial charge in [0.1, 0.15) is 5.15 Å². The van der Waals surface area contributed by atoms with E-state index in [-0.39, 0.29) is 15.7 Å². The highest BCUT2D eigenvalue weighted by atomic mass is 35.5. The third-order valence-electron chi connectivity index (χ3n) is 3.04. The van der Waals surface area contributed by atoms with E-state index in [1.807, 2.05) is 0 Å². The summed E-state index contributed by atoms with van der Waals surface area (Å²) in [7, 11) is -3.88. The molecule has 0 unspecified atom stereocenters. The van der Waals surface area contributed by atoms with Crippen molar-refractivity contribution in [3.63, 3.8) is 0 Å². The molecule has 0 spiro atoms. The number of halogens is 1. The van der Waals surface area contributed by atoms with Crippen LogP contribution in [0.1, 0.15) is 10.5 Å². The zero-order chi connectivity index (χ0) is 15.0. The molecule has 0 aliphatic carbocycles. The van der Waals surface area contributed by atoms with E-state index in [9.17, 15) is 13.2 Å². The fourth-order valence-electron chi connectivity index (χ4n) is 2.13. The molecule has 0 aliphatic rings. The average Bonchev–Trinajstić information content (AvgIpc) is 2.86. The Balaban J connectivity index is 2.36. The average molecular weight is 321 g/mol. The molecule has 1 aromatic carbocycles.